The number of aromatic hydroxyl groups is 1. The monoisotopic (exact) mass is 315 g/mol. The molecular formula is C21H31O2. The van der Waals surface area contributed by atoms with Crippen molar-refractivity contribution >= 4 is 6.29 Å². The summed E-state index contributed by atoms with van der Waals surface area (Å²) in [6.45, 7) is 12.8. The molecule has 1 aliphatic rings. The maximum atomic E-state index is 11.4. The summed E-state index contributed by atoms with van der Waals surface area (Å²) < 4.78 is 0. The number of benzene rings is 1. The summed E-state index contributed by atoms with van der Waals surface area (Å²) in [5.41, 5.74) is 2.90. The largest absolute Gasteiger partial charge is 0.507 e. The molecule has 2 heteroatoms. The van der Waals surface area contributed by atoms with Gasteiger partial charge in [-0.15, -0.1) is 0 Å². The van der Waals surface area contributed by atoms with Crippen LogP contribution in [0.4, 0.5) is 0 Å². The van der Waals surface area contributed by atoms with Crippen molar-refractivity contribution in [3.8, 4) is 5.75 Å². The SMILES string of the molecule is CC(C)(C)c1cc(C2CCCCC2[C]=O)cc(C(C)(C)C)c1O. The summed E-state index contributed by atoms with van der Waals surface area (Å²) in [6.07, 6.45) is 6.53. The molecule has 0 heterocycles. The van der Waals surface area contributed by atoms with E-state index in [9.17, 15) is 9.90 Å². The van der Waals surface area contributed by atoms with Crippen molar-refractivity contribution in [1.29, 1.82) is 0 Å². The van der Waals surface area contributed by atoms with E-state index < -0.39 is 0 Å². The Bertz CT molecular complexity index is 537. The number of phenolic OH excluding ortho intramolecular Hbond substituents is 1. The normalized spacial score (nSPS) is 22.9. The number of phenols is 1. The fourth-order valence-electron chi connectivity index (χ4n) is 3.69. The van der Waals surface area contributed by atoms with E-state index in [-0.39, 0.29) is 22.7 Å². The van der Waals surface area contributed by atoms with Crippen molar-refractivity contribution in [2.75, 3.05) is 0 Å². The highest BCUT2D eigenvalue weighted by Gasteiger charge is 2.32. The third-order valence-corrected chi connectivity index (χ3v) is 5.09. The van der Waals surface area contributed by atoms with Crippen molar-refractivity contribution in [2.24, 2.45) is 5.92 Å². The molecule has 1 aromatic carbocycles. The Morgan fingerprint density at radius 3 is 1.87 bits per heavy atom. The molecule has 2 unspecified atom stereocenters. The van der Waals surface area contributed by atoms with Crippen LogP contribution in [-0.2, 0) is 15.6 Å². The predicted molar refractivity (Wildman–Crippen MR) is 95.9 cm³/mol. The first-order valence-corrected chi connectivity index (χ1v) is 8.81. The van der Waals surface area contributed by atoms with E-state index in [2.05, 4.69) is 60.0 Å². The van der Waals surface area contributed by atoms with Crippen LogP contribution in [0.3, 0.4) is 0 Å². The molecule has 2 rings (SSSR count). The Morgan fingerprint density at radius 1 is 0.957 bits per heavy atom. The van der Waals surface area contributed by atoms with E-state index in [4.69, 9.17) is 0 Å². The molecule has 1 radical (unpaired) electrons. The van der Waals surface area contributed by atoms with E-state index in [0.717, 1.165) is 30.4 Å². The maximum Gasteiger partial charge on any atom is 0.202 e. The Morgan fingerprint density at radius 2 is 1.43 bits per heavy atom. The minimum absolute atomic E-state index is 0.00562. The molecule has 1 fully saturated rings. The summed E-state index contributed by atoms with van der Waals surface area (Å²) in [4.78, 5) is 11.4. The van der Waals surface area contributed by atoms with E-state index in [1.54, 1.807) is 0 Å². The summed E-state index contributed by atoms with van der Waals surface area (Å²) in [6, 6.07) is 4.26. The van der Waals surface area contributed by atoms with Crippen LogP contribution in [0.5, 0.6) is 5.75 Å². The molecular weight excluding hydrogens is 284 g/mol. The summed E-state index contributed by atoms with van der Waals surface area (Å²) >= 11 is 0. The number of rotatable bonds is 2. The van der Waals surface area contributed by atoms with Gasteiger partial charge < -0.3 is 5.11 Å². The van der Waals surface area contributed by atoms with Gasteiger partial charge in [-0.1, -0.05) is 66.5 Å². The highest BCUT2D eigenvalue weighted by atomic mass is 16.3. The lowest BCUT2D eigenvalue weighted by molar-refractivity contribution is 0.362. The minimum atomic E-state index is -0.130. The van der Waals surface area contributed by atoms with Gasteiger partial charge in [-0.05, 0) is 46.3 Å². The highest BCUT2D eigenvalue weighted by Crippen LogP contribution is 2.44. The Kier molecular flexibility index (Phi) is 4.94. The van der Waals surface area contributed by atoms with Crippen molar-refractivity contribution in [3.05, 3.63) is 28.8 Å². The minimum Gasteiger partial charge on any atom is -0.507 e. The molecule has 1 N–H and O–H groups in total. The van der Waals surface area contributed by atoms with Gasteiger partial charge in [0.1, 0.15) is 5.75 Å². The average Bonchev–Trinajstić information content (AvgIpc) is 2.45. The molecule has 127 valence electrons. The van der Waals surface area contributed by atoms with Crippen LogP contribution in [0, 0.1) is 5.92 Å². The third-order valence-electron chi connectivity index (χ3n) is 5.09. The van der Waals surface area contributed by atoms with Crippen molar-refractivity contribution in [2.45, 2.75) is 84.0 Å². The zero-order valence-electron chi connectivity index (χ0n) is 15.5. The second-order valence-electron chi connectivity index (χ2n) is 9.08. The van der Waals surface area contributed by atoms with E-state index in [1.807, 2.05) is 0 Å². The fourth-order valence-corrected chi connectivity index (χ4v) is 3.69. The number of hydrogen-bond acceptors (Lipinski definition) is 2. The average molecular weight is 315 g/mol. The van der Waals surface area contributed by atoms with E-state index in [0.29, 0.717) is 5.75 Å². The van der Waals surface area contributed by atoms with Crippen LogP contribution in [0.25, 0.3) is 0 Å². The Hall–Kier alpha value is -1.31. The van der Waals surface area contributed by atoms with Crippen LogP contribution in [-0.4, -0.2) is 11.4 Å². The van der Waals surface area contributed by atoms with Crippen molar-refractivity contribution in [3.63, 3.8) is 0 Å². The van der Waals surface area contributed by atoms with Crippen LogP contribution in [0.1, 0.15) is 89.8 Å². The van der Waals surface area contributed by atoms with Crippen LogP contribution < -0.4 is 0 Å². The van der Waals surface area contributed by atoms with Crippen molar-refractivity contribution in [1.82, 2.24) is 0 Å². The van der Waals surface area contributed by atoms with Gasteiger partial charge in [0.05, 0.1) is 0 Å². The van der Waals surface area contributed by atoms with Gasteiger partial charge >= 0.3 is 0 Å². The first-order chi connectivity index (χ1) is 10.6. The van der Waals surface area contributed by atoms with Gasteiger partial charge in [0.25, 0.3) is 0 Å². The zero-order chi connectivity index (χ0) is 17.4. The van der Waals surface area contributed by atoms with Gasteiger partial charge in [-0.3, -0.25) is 4.79 Å². The van der Waals surface area contributed by atoms with Gasteiger partial charge in [0, 0.05) is 5.92 Å². The predicted octanol–water partition coefficient (Wildman–Crippen LogP) is 5.37. The maximum absolute atomic E-state index is 11.4. The van der Waals surface area contributed by atoms with Crippen LogP contribution in [0.2, 0.25) is 0 Å². The molecule has 0 saturated heterocycles. The molecule has 0 bridgehead atoms. The van der Waals surface area contributed by atoms with Gasteiger partial charge in [0.15, 0.2) is 0 Å². The highest BCUT2D eigenvalue weighted by molar-refractivity contribution is 5.58. The first-order valence-electron chi connectivity index (χ1n) is 8.81. The molecule has 1 saturated carbocycles. The topological polar surface area (TPSA) is 37.3 Å². The van der Waals surface area contributed by atoms with Gasteiger partial charge in [-0.25, -0.2) is 0 Å². The lowest BCUT2D eigenvalue weighted by Gasteiger charge is -2.32. The summed E-state index contributed by atoms with van der Waals surface area (Å²) in [7, 11) is 0. The summed E-state index contributed by atoms with van der Waals surface area (Å²) in [5.74, 6) is 0.647. The second kappa shape index (κ2) is 6.30. The van der Waals surface area contributed by atoms with Gasteiger partial charge in [0.2, 0.25) is 6.29 Å². The third kappa shape index (κ3) is 3.79. The van der Waals surface area contributed by atoms with Crippen LogP contribution in [0.15, 0.2) is 12.1 Å². The molecule has 2 atom stereocenters. The zero-order valence-corrected chi connectivity index (χ0v) is 15.5. The van der Waals surface area contributed by atoms with Crippen molar-refractivity contribution < 1.29 is 9.90 Å². The lowest BCUT2D eigenvalue weighted by Crippen LogP contribution is -2.22. The first kappa shape index (κ1) is 18.0. The molecule has 23 heavy (non-hydrogen) atoms. The molecule has 0 spiro atoms. The molecule has 0 aromatic heterocycles. The van der Waals surface area contributed by atoms with E-state index >= 15 is 0 Å². The Labute approximate surface area is 141 Å². The molecule has 0 amide bonds. The Balaban J connectivity index is 2.62. The smallest absolute Gasteiger partial charge is 0.202 e. The molecule has 1 aromatic rings. The van der Waals surface area contributed by atoms with Crippen LogP contribution >= 0.6 is 0 Å². The summed E-state index contributed by atoms with van der Waals surface area (Å²) in [5, 5.41) is 10.8. The standard InChI is InChI=1S/C21H31O2/c1-20(2,3)17-11-15(12-18(19(17)23)21(4,5)6)16-10-8-7-9-14(16)13-22/h11-12,14,16,23H,7-10H2,1-6H3. The quantitative estimate of drug-likeness (QED) is 0.796. The number of carbonyl (C=O) groups excluding carboxylic acids is 1. The van der Waals surface area contributed by atoms with E-state index in [1.165, 1.54) is 12.0 Å². The number of hydrogen-bond donors (Lipinski definition) is 1. The molecule has 0 aliphatic heterocycles. The fraction of sp³-hybridized carbons (Fsp3) is 0.667. The van der Waals surface area contributed by atoms with Gasteiger partial charge in [-0.2, -0.15) is 0 Å². The lowest BCUT2D eigenvalue weighted by atomic mass is 9.72. The molecule has 1 aliphatic carbocycles. The molecule has 2 nitrogen and oxygen atoms in total. The second-order valence-corrected chi connectivity index (χ2v) is 9.08.